The highest BCUT2D eigenvalue weighted by Gasteiger charge is 2.18. The molecule has 0 heterocycles. The summed E-state index contributed by atoms with van der Waals surface area (Å²) in [4.78, 5) is 31.1. The van der Waals surface area contributed by atoms with Crippen molar-refractivity contribution < 1.29 is 19.4 Å². The Kier molecular flexibility index (Phi) is 6.41. The molecule has 0 atom stereocenters. The Morgan fingerprint density at radius 3 is 2.68 bits per heavy atom. The highest BCUT2D eigenvalue weighted by atomic mass is 16.6. The molecule has 0 spiro atoms. The van der Waals surface area contributed by atoms with Crippen LogP contribution in [0.25, 0.3) is 0 Å². The van der Waals surface area contributed by atoms with Crippen molar-refractivity contribution in [1.29, 1.82) is 0 Å². The summed E-state index contributed by atoms with van der Waals surface area (Å²) in [6.07, 6.45) is 1.80. The number of non-ortho nitro benzene ring substituents is 1. The van der Waals surface area contributed by atoms with Crippen molar-refractivity contribution in [3.8, 4) is 0 Å². The number of nitro benzene ring substituents is 2. The summed E-state index contributed by atoms with van der Waals surface area (Å²) in [6, 6.07) is 3.17. The van der Waals surface area contributed by atoms with Crippen LogP contribution in [0, 0.1) is 20.2 Å². The van der Waals surface area contributed by atoms with E-state index in [4.69, 9.17) is 4.74 Å². The minimum Gasteiger partial charge on any atom is -0.466 e. The van der Waals surface area contributed by atoms with E-state index < -0.39 is 15.5 Å². The van der Waals surface area contributed by atoms with Gasteiger partial charge in [-0.05, 0) is 19.4 Å². The summed E-state index contributed by atoms with van der Waals surface area (Å²) in [5.41, 5.74) is 1.59. The lowest BCUT2D eigenvalue weighted by molar-refractivity contribution is -0.393. The Morgan fingerprint density at radius 2 is 2.09 bits per heavy atom. The van der Waals surface area contributed by atoms with Gasteiger partial charge in [0.2, 0.25) is 0 Å². The molecule has 1 N–H and O–H groups in total. The summed E-state index contributed by atoms with van der Waals surface area (Å²) >= 11 is 0. The number of nitrogens with one attached hydrogen (secondary N) is 1. The molecule has 1 rings (SSSR count). The number of nitro groups is 2. The number of hydrazone groups is 1. The van der Waals surface area contributed by atoms with E-state index >= 15 is 0 Å². The van der Waals surface area contributed by atoms with Crippen molar-refractivity contribution in [2.75, 3.05) is 12.0 Å². The van der Waals surface area contributed by atoms with Crippen LogP contribution in [-0.2, 0) is 9.53 Å². The second-order valence-corrected chi connectivity index (χ2v) is 3.98. The van der Waals surface area contributed by atoms with E-state index in [9.17, 15) is 25.0 Å². The molecule has 0 aliphatic carbocycles. The van der Waals surface area contributed by atoms with Crippen LogP contribution in [0.3, 0.4) is 0 Å². The van der Waals surface area contributed by atoms with E-state index in [1.807, 2.05) is 0 Å². The molecule has 0 aromatic heterocycles. The Balaban J connectivity index is 2.67. The number of anilines is 1. The summed E-state index contributed by atoms with van der Waals surface area (Å²) in [5, 5.41) is 25.2. The van der Waals surface area contributed by atoms with Gasteiger partial charge in [-0.2, -0.15) is 5.10 Å². The third-order valence-electron chi connectivity index (χ3n) is 2.45. The highest BCUT2D eigenvalue weighted by molar-refractivity contribution is 5.74. The van der Waals surface area contributed by atoms with Gasteiger partial charge in [-0.25, -0.2) is 0 Å². The molecule has 1 aromatic carbocycles. The van der Waals surface area contributed by atoms with Crippen LogP contribution < -0.4 is 5.43 Å². The molecule has 10 heteroatoms. The maximum Gasteiger partial charge on any atom is 0.306 e. The van der Waals surface area contributed by atoms with E-state index in [1.165, 1.54) is 12.3 Å². The van der Waals surface area contributed by atoms with Crippen molar-refractivity contribution in [3.63, 3.8) is 0 Å². The molecule has 22 heavy (non-hydrogen) atoms. The number of nitrogens with zero attached hydrogens (tertiary/aromatic N) is 3. The summed E-state index contributed by atoms with van der Waals surface area (Å²) in [7, 11) is 0. The fourth-order valence-electron chi connectivity index (χ4n) is 1.47. The number of benzene rings is 1. The molecular weight excluding hydrogens is 296 g/mol. The first-order chi connectivity index (χ1) is 10.5. The number of rotatable bonds is 8. The number of hydrogen-bond acceptors (Lipinski definition) is 8. The van der Waals surface area contributed by atoms with Crippen molar-refractivity contribution in [1.82, 2.24) is 0 Å². The van der Waals surface area contributed by atoms with Crippen LogP contribution >= 0.6 is 0 Å². The molecule has 1 aromatic rings. The monoisotopic (exact) mass is 310 g/mol. The van der Waals surface area contributed by atoms with Gasteiger partial charge >= 0.3 is 11.7 Å². The number of ether oxygens (including phenoxy) is 1. The average Bonchev–Trinajstić information content (AvgIpc) is 2.46. The molecule has 118 valence electrons. The van der Waals surface area contributed by atoms with Gasteiger partial charge < -0.3 is 4.74 Å². The number of carbonyl (C=O) groups excluding carboxylic acids is 1. The van der Waals surface area contributed by atoms with Gasteiger partial charge in [0.25, 0.3) is 5.69 Å². The van der Waals surface area contributed by atoms with Gasteiger partial charge in [0, 0.05) is 12.3 Å². The normalized spacial score (nSPS) is 10.4. The van der Waals surface area contributed by atoms with Crippen molar-refractivity contribution >= 4 is 29.2 Å². The number of carbonyl (C=O) groups is 1. The second-order valence-electron chi connectivity index (χ2n) is 3.98. The molecule has 0 bridgehead atoms. The van der Waals surface area contributed by atoms with Gasteiger partial charge in [0.15, 0.2) is 0 Å². The van der Waals surface area contributed by atoms with Crippen molar-refractivity contribution in [2.45, 2.75) is 19.8 Å². The first kappa shape index (κ1) is 17.0. The third-order valence-corrected chi connectivity index (χ3v) is 2.45. The summed E-state index contributed by atoms with van der Waals surface area (Å²) < 4.78 is 4.72. The molecular formula is C12H14N4O6. The van der Waals surface area contributed by atoms with E-state index in [0.29, 0.717) is 13.0 Å². The Bertz CT molecular complexity index is 601. The topological polar surface area (TPSA) is 137 Å². The molecule has 0 fully saturated rings. The van der Waals surface area contributed by atoms with E-state index in [-0.39, 0.29) is 23.8 Å². The maximum absolute atomic E-state index is 11.1. The quantitative estimate of drug-likeness (QED) is 0.336. The zero-order chi connectivity index (χ0) is 16.5. The average molecular weight is 310 g/mol. The van der Waals surface area contributed by atoms with Crippen molar-refractivity contribution in [2.24, 2.45) is 5.10 Å². The first-order valence-corrected chi connectivity index (χ1v) is 6.31. The van der Waals surface area contributed by atoms with Crippen LogP contribution in [0.15, 0.2) is 23.3 Å². The fraction of sp³-hybridized carbons (Fsp3) is 0.333. The lowest BCUT2D eigenvalue weighted by Crippen LogP contribution is -2.04. The maximum atomic E-state index is 11.1. The van der Waals surface area contributed by atoms with Crippen molar-refractivity contribution in [3.05, 3.63) is 38.4 Å². The molecule has 0 amide bonds. The predicted molar refractivity (Wildman–Crippen MR) is 77.7 cm³/mol. The third kappa shape index (κ3) is 5.15. The van der Waals surface area contributed by atoms with E-state index in [2.05, 4.69) is 10.5 Å². The van der Waals surface area contributed by atoms with Crippen LogP contribution in [0.5, 0.6) is 0 Å². The molecule has 0 saturated heterocycles. The molecule has 0 radical (unpaired) electrons. The van der Waals surface area contributed by atoms with Gasteiger partial charge in [0.1, 0.15) is 5.69 Å². The SMILES string of the molecule is CCOC(=O)CCC=NNc1ccc([N+](=O)[O-])cc1[N+](=O)[O-]. The lowest BCUT2D eigenvalue weighted by atomic mass is 10.2. The van der Waals surface area contributed by atoms with Crippen LogP contribution in [0.2, 0.25) is 0 Å². The van der Waals surface area contributed by atoms with E-state index in [1.54, 1.807) is 6.92 Å². The zero-order valence-electron chi connectivity index (χ0n) is 11.7. The van der Waals surface area contributed by atoms with Gasteiger partial charge in [0.05, 0.1) is 28.9 Å². The Hall–Kier alpha value is -3.04. The van der Waals surface area contributed by atoms with Gasteiger partial charge in [-0.15, -0.1) is 0 Å². The zero-order valence-corrected chi connectivity index (χ0v) is 11.7. The lowest BCUT2D eigenvalue weighted by Gasteiger charge is -2.02. The largest absolute Gasteiger partial charge is 0.466 e. The number of hydrogen-bond donors (Lipinski definition) is 1. The molecule has 0 aliphatic rings. The van der Waals surface area contributed by atoms with Crippen LogP contribution in [-0.4, -0.2) is 28.6 Å². The summed E-state index contributed by atoms with van der Waals surface area (Å²) in [6.45, 7) is 1.99. The second kappa shape index (κ2) is 8.29. The van der Waals surface area contributed by atoms with Gasteiger partial charge in [-0.1, -0.05) is 0 Å². The van der Waals surface area contributed by atoms with E-state index in [0.717, 1.165) is 12.1 Å². The Morgan fingerprint density at radius 1 is 1.36 bits per heavy atom. The highest BCUT2D eigenvalue weighted by Crippen LogP contribution is 2.28. The fourth-order valence-corrected chi connectivity index (χ4v) is 1.47. The van der Waals surface area contributed by atoms with Crippen LogP contribution in [0.4, 0.5) is 17.1 Å². The predicted octanol–water partition coefficient (Wildman–Crippen LogP) is 2.24. The Labute approximate surface area is 125 Å². The smallest absolute Gasteiger partial charge is 0.306 e. The minimum atomic E-state index is -0.747. The first-order valence-electron chi connectivity index (χ1n) is 6.31. The molecule has 0 saturated carbocycles. The van der Waals surface area contributed by atoms with Gasteiger partial charge in [-0.3, -0.25) is 30.4 Å². The standard InChI is InChI=1S/C12H14N4O6/c1-2-22-12(17)4-3-7-13-14-10-6-5-9(15(18)19)8-11(10)16(20)21/h5-8,14H,2-4H2,1H3. The van der Waals surface area contributed by atoms with Crippen LogP contribution in [0.1, 0.15) is 19.8 Å². The minimum absolute atomic E-state index is 0.0167. The molecule has 10 nitrogen and oxygen atoms in total. The summed E-state index contributed by atoms with van der Waals surface area (Å²) in [5.74, 6) is -0.365. The molecule has 0 aliphatic heterocycles. The number of esters is 1. The molecule has 0 unspecified atom stereocenters.